The lowest BCUT2D eigenvalue weighted by Gasteiger charge is -2.07. The molecule has 4 aromatic heterocycles. The van der Waals surface area contributed by atoms with E-state index in [9.17, 15) is 24.0 Å². The van der Waals surface area contributed by atoms with E-state index in [-0.39, 0.29) is 41.3 Å². The lowest BCUT2D eigenvalue weighted by atomic mass is 10.1. The van der Waals surface area contributed by atoms with Gasteiger partial charge in [0.2, 0.25) is 24.7 Å². The normalized spacial score (nSPS) is 10.5. The van der Waals surface area contributed by atoms with Crippen LogP contribution >= 0.6 is 22.7 Å². The van der Waals surface area contributed by atoms with Gasteiger partial charge in [-0.25, -0.2) is 0 Å². The number of Topliss-reactive ketones (excluding diaryl/α,β-unsaturated/α-hetero) is 2. The molecular weight excluding hydrogens is 514 g/mol. The molecule has 0 aliphatic carbocycles. The zero-order chi connectivity index (χ0) is 26.4. The molecule has 0 aliphatic rings. The molecule has 3 amide bonds. The summed E-state index contributed by atoms with van der Waals surface area (Å²) in [7, 11) is 0. The van der Waals surface area contributed by atoms with Crippen molar-refractivity contribution in [1.29, 1.82) is 0 Å². The highest BCUT2D eigenvalue weighted by Gasteiger charge is 2.21. The van der Waals surface area contributed by atoms with Crippen molar-refractivity contribution in [3.05, 3.63) is 104 Å². The van der Waals surface area contributed by atoms with Crippen LogP contribution in [0.5, 0.6) is 0 Å². The topological polar surface area (TPSA) is 143 Å². The highest BCUT2D eigenvalue weighted by Crippen LogP contribution is 2.10. The first-order valence-corrected chi connectivity index (χ1v) is 12.6. The van der Waals surface area contributed by atoms with Crippen LogP contribution in [0.25, 0.3) is 0 Å². The fraction of sp³-hybridized carbons (Fsp3) is 0.0800. The Balaban J connectivity index is 1.43. The molecule has 0 saturated heterocycles. The van der Waals surface area contributed by atoms with Gasteiger partial charge in [0.25, 0.3) is 17.7 Å². The Bertz CT molecular complexity index is 1480. The molecule has 0 atom stereocenters. The zero-order valence-corrected chi connectivity index (χ0v) is 20.9. The number of hydrogen-bond donors (Lipinski definition) is 3. The van der Waals surface area contributed by atoms with E-state index in [1.165, 1.54) is 58.0 Å². The Morgan fingerprint density at radius 1 is 0.703 bits per heavy atom. The molecule has 186 valence electrons. The van der Waals surface area contributed by atoms with Gasteiger partial charge in [-0.15, -0.1) is 22.7 Å². The second-order valence-electron chi connectivity index (χ2n) is 7.82. The van der Waals surface area contributed by atoms with Crippen LogP contribution in [0.3, 0.4) is 0 Å². The summed E-state index contributed by atoms with van der Waals surface area (Å²) in [6.07, 6.45) is 5.91. The maximum absolute atomic E-state index is 12.7. The SMILES string of the molecule is NC(=O)c1cc(C(=O)NNC(=O)c2ccc[n+](CC(=O)c3cccs3)c2)c[n+](CC(=O)c2cccs2)c1. The molecule has 0 aromatic carbocycles. The third-order valence-corrected chi connectivity index (χ3v) is 6.94. The van der Waals surface area contributed by atoms with Crippen LogP contribution in [0.2, 0.25) is 0 Å². The summed E-state index contributed by atoms with van der Waals surface area (Å²) in [6, 6.07) is 11.4. The summed E-state index contributed by atoms with van der Waals surface area (Å²) in [5.74, 6) is -2.40. The number of carbonyl (C=O) groups is 5. The predicted octanol–water partition coefficient (Wildman–Crippen LogP) is 1.32. The van der Waals surface area contributed by atoms with Crippen molar-refractivity contribution < 1.29 is 33.1 Å². The van der Waals surface area contributed by atoms with Gasteiger partial charge in [-0.05, 0) is 35.0 Å². The number of carbonyl (C=O) groups excluding carboxylic acids is 5. The van der Waals surface area contributed by atoms with Crippen LogP contribution < -0.4 is 25.7 Å². The molecule has 0 spiro atoms. The number of rotatable bonds is 9. The van der Waals surface area contributed by atoms with Crippen LogP contribution in [-0.4, -0.2) is 29.3 Å². The fourth-order valence-electron chi connectivity index (χ4n) is 3.36. The lowest BCUT2D eigenvalue weighted by Crippen LogP contribution is -2.45. The minimum absolute atomic E-state index is 0.0141. The average molecular weight is 536 g/mol. The largest absolute Gasteiger partial charge is 0.365 e. The van der Waals surface area contributed by atoms with Gasteiger partial charge >= 0.3 is 0 Å². The van der Waals surface area contributed by atoms with E-state index < -0.39 is 17.7 Å². The summed E-state index contributed by atoms with van der Waals surface area (Å²) in [6.45, 7) is -0.0550. The Hall–Kier alpha value is -4.55. The van der Waals surface area contributed by atoms with Crippen LogP contribution in [-0.2, 0) is 13.1 Å². The van der Waals surface area contributed by atoms with Crippen molar-refractivity contribution in [2.75, 3.05) is 0 Å². The Kier molecular flexibility index (Phi) is 7.91. The van der Waals surface area contributed by atoms with Gasteiger partial charge in [0.15, 0.2) is 24.8 Å². The van der Waals surface area contributed by atoms with E-state index in [4.69, 9.17) is 5.73 Å². The number of nitrogens with zero attached hydrogens (tertiary/aromatic N) is 2. The van der Waals surface area contributed by atoms with Crippen molar-refractivity contribution in [3.63, 3.8) is 0 Å². The first-order chi connectivity index (χ1) is 17.8. The molecule has 10 nitrogen and oxygen atoms in total. The average Bonchev–Trinajstić information content (AvgIpc) is 3.62. The van der Waals surface area contributed by atoms with Gasteiger partial charge in [-0.3, -0.25) is 34.8 Å². The van der Waals surface area contributed by atoms with E-state index >= 15 is 0 Å². The van der Waals surface area contributed by atoms with Gasteiger partial charge in [0, 0.05) is 6.07 Å². The van der Waals surface area contributed by atoms with Crippen LogP contribution in [0.15, 0.2) is 78.0 Å². The highest BCUT2D eigenvalue weighted by atomic mass is 32.1. The lowest BCUT2D eigenvalue weighted by molar-refractivity contribution is -0.683. The van der Waals surface area contributed by atoms with Crippen molar-refractivity contribution in [2.45, 2.75) is 13.1 Å². The zero-order valence-electron chi connectivity index (χ0n) is 19.2. The summed E-state index contributed by atoms with van der Waals surface area (Å²) in [5.41, 5.74) is 10.2. The van der Waals surface area contributed by atoms with Crippen molar-refractivity contribution >= 4 is 52.0 Å². The number of nitrogens with one attached hydrogen (secondary N) is 2. The van der Waals surface area contributed by atoms with E-state index in [0.29, 0.717) is 9.75 Å². The molecule has 0 bridgehead atoms. The third kappa shape index (κ3) is 6.57. The molecule has 0 unspecified atom stereocenters. The van der Waals surface area contributed by atoms with E-state index in [1.807, 2.05) is 5.38 Å². The van der Waals surface area contributed by atoms with E-state index in [0.717, 1.165) is 0 Å². The standard InChI is InChI=1S/C25H19N5O5S2/c26-23(33)17-10-18(13-30(12-17)15-20(32)22-6-3-9-37-22)25(35)28-27-24(34)16-4-1-7-29(11-16)14-19(31)21-5-2-8-36-21/h1-13H,14-15H2,(H2-2,26,27,28,33,34,35)/p+2. The molecule has 12 heteroatoms. The molecule has 37 heavy (non-hydrogen) atoms. The van der Waals surface area contributed by atoms with Crippen LogP contribution in [0.1, 0.15) is 50.4 Å². The van der Waals surface area contributed by atoms with Crippen LogP contribution in [0.4, 0.5) is 0 Å². The number of pyridine rings is 2. The number of thiophene rings is 2. The molecule has 4 heterocycles. The summed E-state index contributed by atoms with van der Waals surface area (Å²) in [5, 5.41) is 3.59. The maximum Gasteiger partial charge on any atom is 0.275 e. The quantitative estimate of drug-likeness (QED) is 0.168. The number of amides is 3. The van der Waals surface area contributed by atoms with Crippen molar-refractivity contribution in [2.24, 2.45) is 5.73 Å². The van der Waals surface area contributed by atoms with Gasteiger partial charge in [-0.2, -0.15) is 9.13 Å². The Morgan fingerprint density at radius 2 is 1.24 bits per heavy atom. The molecule has 4 rings (SSSR count). The highest BCUT2D eigenvalue weighted by molar-refractivity contribution is 7.12. The number of hydrogen-bond acceptors (Lipinski definition) is 7. The van der Waals surface area contributed by atoms with Gasteiger partial charge in [0.1, 0.15) is 16.7 Å². The summed E-state index contributed by atoms with van der Waals surface area (Å²) < 4.78 is 2.96. The van der Waals surface area contributed by atoms with Crippen molar-refractivity contribution in [3.8, 4) is 0 Å². The Labute approximate surface area is 219 Å². The molecule has 0 fully saturated rings. The minimum Gasteiger partial charge on any atom is -0.365 e. The molecule has 4 N–H and O–H groups in total. The summed E-state index contributed by atoms with van der Waals surface area (Å²) in [4.78, 5) is 63.1. The first kappa shape index (κ1) is 25.5. The monoisotopic (exact) mass is 535 g/mol. The second kappa shape index (κ2) is 11.5. The van der Waals surface area contributed by atoms with E-state index in [2.05, 4.69) is 10.9 Å². The molecule has 0 aliphatic heterocycles. The number of primary amides is 1. The smallest absolute Gasteiger partial charge is 0.275 e. The van der Waals surface area contributed by atoms with Crippen molar-refractivity contribution in [1.82, 2.24) is 10.9 Å². The van der Waals surface area contributed by atoms with Gasteiger partial charge in [0.05, 0.1) is 9.75 Å². The maximum atomic E-state index is 12.7. The second-order valence-corrected chi connectivity index (χ2v) is 9.72. The fourth-order valence-corrected chi connectivity index (χ4v) is 4.68. The van der Waals surface area contributed by atoms with E-state index in [1.54, 1.807) is 46.5 Å². The van der Waals surface area contributed by atoms with Crippen LogP contribution in [0, 0.1) is 0 Å². The predicted molar refractivity (Wildman–Crippen MR) is 134 cm³/mol. The third-order valence-electron chi connectivity index (χ3n) is 5.12. The molecule has 0 radical (unpaired) electrons. The number of aromatic nitrogens is 2. The number of hydrazine groups is 1. The number of ketones is 2. The molecule has 0 saturated carbocycles. The first-order valence-electron chi connectivity index (χ1n) is 10.9. The number of nitrogens with two attached hydrogens (primary N) is 1. The van der Waals surface area contributed by atoms with Gasteiger partial charge < -0.3 is 5.73 Å². The van der Waals surface area contributed by atoms with Gasteiger partial charge in [-0.1, -0.05) is 12.1 Å². The Morgan fingerprint density at radius 3 is 1.81 bits per heavy atom. The summed E-state index contributed by atoms with van der Waals surface area (Å²) >= 11 is 2.62. The molecule has 4 aromatic rings. The molecular formula is C25H21N5O5S2+2. The minimum atomic E-state index is -0.776.